The number of hydrogen-bond acceptors (Lipinski definition) is 5. The third kappa shape index (κ3) is 4.90. The van der Waals surface area contributed by atoms with Gasteiger partial charge in [0.05, 0.1) is 9.77 Å². The molecule has 7 heteroatoms. The highest BCUT2D eigenvalue weighted by Gasteiger charge is 2.20. The van der Waals surface area contributed by atoms with Gasteiger partial charge in [0, 0.05) is 0 Å². The summed E-state index contributed by atoms with van der Waals surface area (Å²) in [6, 6.07) is 6.12. The standard InChI is InChI=1S/C10H14O3S.C8H9O2S/c1-3-8(2)9-4-6-10(7-5-9)14(11,12)13;1-5-7-8(6(2)11-5)10-4-3-9-7/h4-8H,3H2,1-2H3,(H,11,12,13);1,3-4H2,2H3/q;+1. The Balaban J connectivity index is 0.000000256. The van der Waals surface area contributed by atoms with E-state index in [2.05, 4.69) is 20.4 Å². The lowest BCUT2D eigenvalue weighted by atomic mass is 9.99. The summed E-state index contributed by atoms with van der Waals surface area (Å²) in [5, 5.41) is 0. The minimum absolute atomic E-state index is 0. The first-order valence-corrected chi connectivity index (χ1v) is 10.2. The molecule has 0 saturated heterocycles. The number of aryl methyl sites for hydroxylation is 1. The van der Waals surface area contributed by atoms with Crippen molar-refractivity contribution in [2.75, 3.05) is 13.2 Å². The molecule has 2 aromatic rings. The van der Waals surface area contributed by atoms with Gasteiger partial charge >= 0.3 is 6.86 Å². The monoisotopic (exact) mass is 383 g/mol. The summed E-state index contributed by atoms with van der Waals surface area (Å²) in [7, 11) is -4.30. The Morgan fingerprint density at radius 3 is 2.56 bits per heavy atom. The molecule has 0 radical (unpaired) electrons. The highest BCUT2D eigenvalue weighted by atomic mass is 32.2. The third-order valence-electron chi connectivity index (χ3n) is 3.98. The fourth-order valence-corrected chi connectivity index (χ4v) is 3.69. The molecule has 2 heterocycles. The molecule has 0 amide bonds. The molecule has 5 nitrogen and oxygen atoms in total. The lowest BCUT2D eigenvalue weighted by Gasteiger charge is -2.11. The van der Waals surface area contributed by atoms with Crippen LogP contribution in [0.5, 0.6) is 5.75 Å². The van der Waals surface area contributed by atoms with Crippen LogP contribution < -0.4 is 14.7 Å². The fraction of sp³-hybridized carbons (Fsp3) is 0.389. The Kier molecular flexibility index (Phi) is 6.37. The van der Waals surface area contributed by atoms with E-state index in [1.165, 1.54) is 12.1 Å². The quantitative estimate of drug-likeness (QED) is 0.603. The van der Waals surface area contributed by atoms with Crippen LogP contribution in [0.2, 0.25) is 0 Å². The maximum Gasteiger partial charge on any atom is 1.00 e. The first-order valence-electron chi connectivity index (χ1n) is 8.00. The summed E-state index contributed by atoms with van der Waals surface area (Å²) in [4.78, 5) is 0.995. The van der Waals surface area contributed by atoms with Gasteiger partial charge in [-0.05, 0) is 37.0 Å². The van der Waals surface area contributed by atoms with Crippen LogP contribution in [-0.4, -0.2) is 26.2 Å². The fourth-order valence-electron chi connectivity index (χ4n) is 2.36. The first-order chi connectivity index (χ1) is 11.7. The molecule has 1 atom stereocenters. The molecule has 25 heavy (non-hydrogen) atoms. The lowest BCUT2D eigenvalue weighted by molar-refractivity contribution is 0.321. The zero-order chi connectivity index (χ0) is 18.6. The van der Waals surface area contributed by atoms with Crippen LogP contribution in [0.15, 0.2) is 33.6 Å². The second kappa shape index (κ2) is 8.12. The van der Waals surface area contributed by atoms with Gasteiger partial charge in [-0.1, -0.05) is 32.6 Å². The van der Waals surface area contributed by atoms with E-state index in [-0.39, 0.29) is 6.32 Å². The molecular weight excluding hydrogens is 360 g/mol. The van der Waals surface area contributed by atoms with Crippen molar-refractivity contribution in [1.29, 1.82) is 0 Å². The topological polar surface area (TPSA) is 77.7 Å². The minimum atomic E-state index is -4.30. The van der Waals surface area contributed by atoms with Crippen molar-refractivity contribution < 1.29 is 19.1 Å². The van der Waals surface area contributed by atoms with Crippen molar-refractivity contribution in [2.45, 2.75) is 38.0 Å². The molecule has 0 bridgehead atoms. The van der Waals surface area contributed by atoms with E-state index < -0.39 is 10.1 Å². The van der Waals surface area contributed by atoms with Gasteiger partial charge in [0.15, 0.2) is 6.61 Å². The zero-order valence-electron chi connectivity index (χ0n) is 15.6. The average molecular weight is 384 g/mol. The van der Waals surface area contributed by atoms with Gasteiger partial charge in [-0.2, -0.15) is 0 Å². The van der Waals surface area contributed by atoms with Crippen molar-refractivity contribution in [3.8, 4) is 5.75 Å². The van der Waals surface area contributed by atoms with Gasteiger partial charge < -0.3 is 9.29 Å². The SMILES string of the molecule is C=c1sc(C)c2c1=[O+]CCO2.CCC(C)c1ccc(S(=O)(=O)[O-])cc1.[H+]. The Hall–Kier alpha value is -1.70. The van der Waals surface area contributed by atoms with Crippen LogP contribution in [0.4, 0.5) is 0 Å². The van der Waals surface area contributed by atoms with Crippen molar-refractivity contribution in [3.63, 3.8) is 0 Å². The predicted octanol–water partition coefficient (Wildman–Crippen LogP) is 2.69. The maximum absolute atomic E-state index is 10.6. The zero-order valence-corrected chi connectivity index (χ0v) is 16.2. The normalized spacial score (nSPS) is 14.4. The molecule has 0 saturated carbocycles. The van der Waals surface area contributed by atoms with Crippen molar-refractivity contribution >= 4 is 28.0 Å². The average Bonchev–Trinajstić information content (AvgIpc) is 2.89. The molecule has 0 aliphatic carbocycles. The Morgan fingerprint density at radius 1 is 1.40 bits per heavy atom. The number of fused-ring (bicyclic) bond motifs is 1. The molecule has 136 valence electrons. The van der Waals surface area contributed by atoms with Gasteiger partial charge in [0.2, 0.25) is 5.75 Å². The van der Waals surface area contributed by atoms with Crippen LogP contribution >= 0.6 is 11.3 Å². The maximum atomic E-state index is 10.6. The summed E-state index contributed by atoms with van der Waals surface area (Å²) < 4.78 is 43.7. The summed E-state index contributed by atoms with van der Waals surface area (Å²) in [5.74, 6) is 1.28. The molecule has 1 aliphatic heterocycles. The van der Waals surface area contributed by atoms with E-state index in [1.807, 2.05) is 6.92 Å². The predicted molar refractivity (Wildman–Crippen MR) is 101 cm³/mol. The lowest BCUT2D eigenvalue weighted by Crippen LogP contribution is -2.25. The van der Waals surface area contributed by atoms with Crippen LogP contribution in [0.25, 0.3) is 6.58 Å². The Bertz CT molecular complexity index is 933. The van der Waals surface area contributed by atoms with Gasteiger partial charge in [-0.3, -0.25) is 0 Å². The van der Waals surface area contributed by atoms with Gasteiger partial charge in [-0.25, -0.2) is 12.8 Å². The van der Waals surface area contributed by atoms with Crippen LogP contribution in [0, 0.1) is 6.92 Å². The molecule has 0 N–H and O–H groups in total. The van der Waals surface area contributed by atoms with E-state index in [9.17, 15) is 13.0 Å². The first kappa shape index (κ1) is 19.6. The number of rotatable bonds is 3. The molecular formula is C18H23O5S2+. The van der Waals surface area contributed by atoms with Crippen molar-refractivity contribution in [2.24, 2.45) is 0 Å². The van der Waals surface area contributed by atoms with Crippen LogP contribution in [0.3, 0.4) is 0 Å². The molecule has 0 spiro atoms. The summed E-state index contributed by atoms with van der Waals surface area (Å²) in [6.45, 7) is 11.3. The summed E-state index contributed by atoms with van der Waals surface area (Å²) >= 11 is 1.62. The smallest absolute Gasteiger partial charge is 0.744 e. The number of thiophene rings is 1. The third-order valence-corrected chi connectivity index (χ3v) is 5.75. The van der Waals surface area contributed by atoms with Gasteiger partial charge in [-0.15, -0.1) is 11.3 Å². The molecule has 3 rings (SSSR count). The summed E-state index contributed by atoms with van der Waals surface area (Å²) in [6.07, 6.45) is 0.990. The Labute approximate surface area is 153 Å². The largest absolute Gasteiger partial charge is 1.00 e. The summed E-state index contributed by atoms with van der Waals surface area (Å²) in [5.41, 5.74) is 1.90. The van der Waals surface area contributed by atoms with Gasteiger partial charge in [0.1, 0.15) is 14.7 Å². The molecule has 1 aliphatic rings. The molecule has 1 aromatic carbocycles. The highest BCUT2D eigenvalue weighted by Crippen LogP contribution is 2.20. The van der Waals surface area contributed by atoms with E-state index in [4.69, 9.17) is 9.16 Å². The van der Waals surface area contributed by atoms with Crippen LogP contribution in [0.1, 0.15) is 38.1 Å². The highest BCUT2D eigenvalue weighted by molar-refractivity contribution is 7.85. The molecule has 0 fully saturated rings. The van der Waals surface area contributed by atoms with E-state index >= 15 is 0 Å². The number of hydrogen-bond donors (Lipinski definition) is 0. The van der Waals surface area contributed by atoms with E-state index in [1.54, 1.807) is 23.5 Å². The van der Waals surface area contributed by atoms with E-state index in [0.717, 1.165) is 32.6 Å². The van der Waals surface area contributed by atoms with E-state index in [0.29, 0.717) is 19.1 Å². The second-order valence-electron chi connectivity index (χ2n) is 5.77. The number of ether oxygens (including phenoxy) is 1. The minimum Gasteiger partial charge on any atom is -0.744 e. The van der Waals surface area contributed by atoms with Crippen molar-refractivity contribution in [1.82, 2.24) is 0 Å². The number of benzene rings is 1. The Morgan fingerprint density at radius 2 is 2.04 bits per heavy atom. The second-order valence-corrected chi connectivity index (χ2v) is 8.46. The molecule has 1 aromatic heterocycles. The van der Waals surface area contributed by atoms with Crippen LogP contribution in [-0.2, 0) is 10.1 Å². The van der Waals surface area contributed by atoms with Crippen molar-refractivity contribution in [3.05, 3.63) is 49.1 Å². The molecule has 1 unspecified atom stereocenters. The van der Waals surface area contributed by atoms with Gasteiger partial charge in [0.25, 0.3) is 6.61 Å².